The molecule has 96 valence electrons. The van der Waals surface area contributed by atoms with Crippen LogP contribution in [-0.2, 0) is 10.2 Å². The molecule has 1 atom stereocenters. The van der Waals surface area contributed by atoms with Crippen molar-refractivity contribution < 1.29 is 21.6 Å². The van der Waals surface area contributed by atoms with Gasteiger partial charge in [0.25, 0.3) is 10.2 Å². The van der Waals surface area contributed by atoms with Gasteiger partial charge in [0.2, 0.25) is 0 Å². The number of hydrogen-bond donors (Lipinski definition) is 4. The number of halogens is 3. The SMILES string of the molecule is CC(CC(=N)N)NS(=O)(=O)NCC(F)(F)F. The fraction of sp³-hybridized carbons (Fsp3) is 0.833. The lowest BCUT2D eigenvalue weighted by Crippen LogP contribution is -2.45. The van der Waals surface area contributed by atoms with E-state index in [1.807, 2.05) is 4.72 Å². The summed E-state index contributed by atoms with van der Waals surface area (Å²) < 4.78 is 60.5. The Hall–Kier alpha value is -0.870. The normalized spacial score (nSPS) is 14.8. The van der Waals surface area contributed by atoms with Crippen LogP contribution in [0.1, 0.15) is 13.3 Å². The minimum Gasteiger partial charge on any atom is -0.388 e. The van der Waals surface area contributed by atoms with Crippen LogP contribution < -0.4 is 15.2 Å². The van der Waals surface area contributed by atoms with E-state index >= 15 is 0 Å². The quantitative estimate of drug-likeness (QED) is 0.389. The Bertz CT molecular complexity index is 340. The van der Waals surface area contributed by atoms with E-state index in [4.69, 9.17) is 11.1 Å². The molecule has 0 aliphatic carbocycles. The van der Waals surface area contributed by atoms with E-state index in [1.54, 1.807) is 0 Å². The van der Waals surface area contributed by atoms with Crippen LogP contribution in [0.3, 0.4) is 0 Å². The summed E-state index contributed by atoms with van der Waals surface area (Å²) >= 11 is 0. The van der Waals surface area contributed by atoms with Crippen LogP contribution in [-0.4, -0.2) is 33.0 Å². The average Bonchev–Trinajstić information content (AvgIpc) is 1.96. The van der Waals surface area contributed by atoms with Crippen LogP contribution in [0.5, 0.6) is 0 Å². The van der Waals surface area contributed by atoms with Gasteiger partial charge in [-0.25, -0.2) is 0 Å². The lowest BCUT2D eigenvalue weighted by Gasteiger charge is -2.14. The van der Waals surface area contributed by atoms with Gasteiger partial charge < -0.3 is 5.73 Å². The zero-order chi connectivity index (χ0) is 13.0. The highest BCUT2D eigenvalue weighted by molar-refractivity contribution is 7.87. The van der Waals surface area contributed by atoms with Crippen LogP contribution in [0, 0.1) is 5.41 Å². The van der Waals surface area contributed by atoms with E-state index < -0.39 is 29.0 Å². The van der Waals surface area contributed by atoms with E-state index in [2.05, 4.69) is 0 Å². The molecule has 0 aromatic heterocycles. The summed E-state index contributed by atoms with van der Waals surface area (Å²) in [6.45, 7) is -0.261. The van der Waals surface area contributed by atoms with E-state index in [-0.39, 0.29) is 12.3 Å². The smallest absolute Gasteiger partial charge is 0.388 e. The minimum absolute atomic E-state index is 0.0765. The Morgan fingerprint density at radius 1 is 1.50 bits per heavy atom. The van der Waals surface area contributed by atoms with Crippen molar-refractivity contribution in [2.45, 2.75) is 25.6 Å². The van der Waals surface area contributed by atoms with Gasteiger partial charge in [0.05, 0.1) is 5.84 Å². The molecule has 0 saturated carbocycles. The summed E-state index contributed by atoms with van der Waals surface area (Å²) in [5.74, 6) is -0.258. The lowest BCUT2D eigenvalue weighted by molar-refractivity contribution is -0.121. The van der Waals surface area contributed by atoms with Gasteiger partial charge in [-0.15, -0.1) is 0 Å². The molecule has 6 nitrogen and oxygen atoms in total. The van der Waals surface area contributed by atoms with Crippen LogP contribution in [0.4, 0.5) is 13.2 Å². The van der Waals surface area contributed by atoms with E-state index in [0.29, 0.717) is 0 Å². The molecule has 0 saturated heterocycles. The molecule has 0 aliphatic rings. The second-order valence-corrected chi connectivity index (χ2v) is 4.72. The van der Waals surface area contributed by atoms with Gasteiger partial charge in [-0.3, -0.25) is 5.41 Å². The van der Waals surface area contributed by atoms with Crippen molar-refractivity contribution in [3.8, 4) is 0 Å². The number of amidine groups is 1. The molecule has 16 heavy (non-hydrogen) atoms. The van der Waals surface area contributed by atoms with Gasteiger partial charge >= 0.3 is 6.18 Å². The van der Waals surface area contributed by atoms with Crippen LogP contribution in [0.25, 0.3) is 0 Å². The number of nitrogens with one attached hydrogen (secondary N) is 3. The molecule has 10 heteroatoms. The standard InChI is InChI=1S/C6H13F3N4O2S/c1-4(2-5(10)11)13-16(14,15)12-3-6(7,8)9/h4,12-13H,2-3H2,1H3,(H3,10,11). The van der Waals surface area contributed by atoms with Gasteiger partial charge in [0.1, 0.15) is 6.54 Å². The summed E-state index contributed by atoms with van der Waals surface area (Å²) in [5.41, 5.74) is 5.00. The van der Waals surface area contributed by atoms with E-state index in [9.17, 15) is 21.6 Å². The predicted octanol–water partition coefficient (Wildman–Crippen LogP) is -0.313. The molecule has 1 unspecified atom stereocenters. The van der Waals surface area contributed by atoms with Crippen molar-refractivity contribution in [1.82, 2.24) is 9.44 Å². The summed E-state index contributed by atoms with van der Waals surface area (Å²) in [5, 5.41) is 6.88. The Kier molecular flexibility index (Phi) is 5.16. The van der Waals surface area contributed by atoms with Crippen LogP contribution >= 0.6 is 0 Å². The molecule has 0 spiro atoms. The first kappa shape index (κ1) is 15.1. The molecule has 5 N–H and O–H groups in total. The largest absolute Gasteiger partial charge is 0.402 e. The molecule has 0 bridgehead atoms. The maximum absolute atomic E-state index is 11.7. The highest BCUT2D eigenvalue weighted by Gasteiger charge is 2.29. The van der Waals surface area contributed by atoms with E-state index in [0.717, 1.165) is 0 Å². The molecule has 0 aliphatic heterocycles. The Labute approximate surface area is 91.1 Å². The average molecular weight is 262 g/mol. The van der Waals surface area contributed by atoms with Gasteiger partial charge in [-0.2, -0.15) is 31.0 Å². The zero-order valence-electron chi connectivity index (χ0n) is 8.43. The monoisotopic (exact) mass is 262 g/mol. The van der Waals surface area contributed by atoms with Gasteiger partial charge in [0.15, 0.2) is 0 Å². The molecule has 0 aromatic rings. The molecule has 0 heterocycles. The Balaban J connectivity index is 4.20. The summed E-state index contributed by atoms with van der Waals surface area (Å²) in [4.78, 5) is 0. The second kappa shape index (κ2) is 5.46. The fourth-order valence-corrected chi connectivity index (χ4v) is 1.90. The number of rotatable bonds is 6. The third-order valence-corrected chi connectivity index (χ3v) is 2.58. The maximum Gasteiger partial charge on any atom is 0.402 e. The summed E-state index contributed by atoms with van der Waals surface area (Å²) in [6.07, 6.45) is -4.69. The minimum atomic E-state index is -4.61. The number of nitrogens with two attached hydrogens (primary N) is 1. The van der Waals surface area contributed by atoms with E-state index in [1.165, 1.54) is 11.6 Å². The van der Waals surface area contributed by atoms with Gasteiger partial charge in [-0.1, -0.05) is 0 Å². The fourth-order valence-electron chi connectivity index (χ4n) is 0.855. The predicted molar refractivity (Wildman–Crippen MR) is 52.1 cm³/mol. The van der Waals surface area contributed by atoms with Crippen LogP contribution in [0.2, 0.25) is 0 Å². The van der Waals surface area contributed by atoms with Crippen molar-refractivity contribution >= 4 is 16.0 Å². The third kappa shape index (κ3) is 8.44. The van der Waals surface area contributed by atoms with Gasteiger partial charge in [0, 0.05) is 12.5 Å². The molecule has 0 amide bonds. The Morgan fingerprint density at radius 3 is 2.38 bits per heavy atom. The number of alkyl halides is 3. The lowest BCUT2D eigenvalue weighted by atomic mass is 10.2. The first-order valence-electron chi connectivity index (χ1n) is 4.18. The molecular weight excluding hydrogens is 249 g/mol. The first-order chi connectivity index (χ1) is 7.02. The second-order valence-electron chi connectivity index (χ2n) is 3.19. The zero-order valence-corrected chi connectivity index (χ0v) is 9.24. The molecular formula is C6H13F3N4O2S. The topological polar surface area (TPSA) is 108 Å². The highest BCUT2D eigenvalue weighted by atomic mass is 32.2. The Morgan fingerprint density at radius 2 is 2.00 bits per heavy atom. The first-order valence-corrected chi connectivity index (χ1v) is 5.67. The molecule has 0 rings (SSSR count). The van der Waals surface area contributed by atoms with Crippen molar-refractivity contribution in [2.24, 2.45) is 5.73 Å². The van der Waals surface area contributed by atoms with Crippen molar-refractivity contribution in [2.75, 3.05) is 6.54 Å². The molecule has 0 radical (unpaired) electrons. The van der Waals surface area contributed by atoms with Gasteiger partial charge in [-0.05, 0) is 6.92 Å². The van der Waals surface area contributed by atoms with Crippen molar-refractivity contribution in [3.05, 3.63) is 0 Å². The summed E-state index contributed by atoms with van der Waals surface area (Å²) in [7, 11) is -4.23. The maximum atomic E-state index is 11.7. The third-order valence-electron chi connectivity index (χ3n) is 1.35. The van der Waals surface area contributed by atoms with Crippen molar-refractivity contribution in [1.29, 1.82) is 5.41 Å². The highest BCUT2D eigenvalue weighted by Crippen LogP contribution is 2.12. The number of hydrogen-bond acceptors (Lipinski definition) is 3. The van der Waals surface area contributed by atoms with Crippen molar-refractivity contribution in [3.63, 3.8) is 0 Å². The molecule has 0 aromatic carbocycles. The molecule has 0 fully saturated rings. The summed E-state index contributed by atoms with van der Waals surface area (Å²) in [6, 6.07) is -0.747. The van der Waals surface area contributed by atoms with Crippen LogP contribution in [0.15, 0.2) is 0 Å².